The molecule has 2 aromatic carbocycles. The molecule has 0 saturated carbocycles. The summed E-state index contributed by atoms with van der Waals surface area (Å²) in [7, 11) is 0. The lowest BCUT2D eigenvalue weighted by atomic mass is 10.1. The molecule has 0 radical (unpaired) electrons. The first-order valence-corrected chi connectivity index (χ1v) is 9.59. The number of carbonyl (C=O) groups is 3. The molecule has 8 heteroatoms. The van der Waals surface area contributed by atoms with Gasteiger partial charge in [0.1, 0.15) is 17.1 Å². The molecular weight excluding hydrogens is 398 g/mol. The third kappa shape index (κ3) is 3.78. The molecule has 3 aromatic rings. The van der Waals surface area contributed by atoms with Crippen LogP contribution in [0.5, 0.6) is 11.5 Å². The van der Waals surface area contributed by atoms with E-state index in [1.807, 2.05) is 0 Å². The highest BCUT2D eigenvalue weighted by Crippen LogP contribution is 2.31. The molecule has 0 atom stereocenters. The number of carbonyl (C=O) groups excluding carboxylic acids is 3. The highest BCUT2D eigenvalue weighted by Gasteiger charge is 2.38. The lowest BCUT2D eigenvalue weighted by Crippen LogP contribution is -2.54. The van der Waals surface area contributed by atoms with Crippen LogP contribution in [0.3, 0.4) is 0 Å². The van der Waals surface area contributed by atoms with Crippen molar-refractivity contribution < 1.29 is 24.2 Å². The minimum atomic E-state index is -0.840. The molecule has 0 unspecified atom stereocenters. The van der Waals surface area contributed by atoms with Gasteiger partial charge >= 0.3 is 6.03 Å². The van der Waals surface area contributed by atoms with Gasteiger partial charge in [-0.05, 0) is 61.5 Å². The Labute approximate surface area is 178 Å². The van der Waals surface area contributed by atoms with Crippen LogP contribution >= 0.6 is 0 Å². The van der Waals surface area contributed by atoms with Crippen LogP contribution in [0, 0.1) is 0 Å². The third-order valence-corrected chi connectivity index (χ3v) is 4.71. The van der Waals surface area contributed by atoms with Gasteiger partial charge in [-0.2, -0.15) is 0 Å². The number of aromatic nitrogens is 1. The van der Waals surface area contributed by atoms with E-state index < -0.39 is 17.8 Å². The number of hydrogen-bond donors (Lipinski definition) is 2. The van der Waals surface area contributed by atoms with Gasteiger partial charge in [0.2, 0.25) is 0 Å². The summed E-state index contributed by atoms with van der Waals surface area (Å²) in [5.74, 6) is -1.05. The van der Waals surface area contributed by atoms with Crippen LogP contribution in [-0.4, -0.2) is 34.1 Å². The first kappa shape index (κ1) is 20.0. The molecule has 31 heavy (non-hydrogen) atoms. The van der Waals surface area contributed by atoms with Gasteiger partial charge in [0.05, 0.1) is 12.3 Å². The van der Waals surface area contributed by atoms with Crippen molar-refractivity contribution in [1.82, 2.24) is 9.88 Å². The Hall–Kier alpha value is -4.33. The number of nitrogens with zero attached hydrogens (tertiary/aromatic N) is 2. The Morgan fingerprint density at radius 2 is 1.74 bits per heavy atom. The van der Waals surface area contributed by atoms with Gasteiger partial charge in [0.25, 0.3) is 11.8 Å². The number of nitrogens with one attached hydrogen (secondary N) is 1. The average Bonchev–Trinajstić information content (AvgIpc) is 3.21. The van der Waals surface area contributed by atoms with Crippen LogP contribution in [0.15, 0.2) is 72.4 Å². The number of aromatic hydroxyl groups is 1. The molecule has 2 N–H and O–H groups in total. The standard InChI is InChI=1S/C23H19N3O5/c1-2-31-20-8-4-3-7-19(20)26-22(29)18(21(28)24-23(26)30)14-16-6-5-13-25(16)15-9-11-17(27)12-10-15/h3-14,27H,2H2,1H3,(H,24,28,30)/b18-14+. The molecule has 1 aromatic heterocycles. The maximum atomic E-state index is 13.2. The molecule has 1 saturated heterocycles. The number of para-hydroxylation sites is 2. The topological polar surface area (TPSA) is 101 Å². The molecule has 4 rings (SSSR count). The number of hydrogen-bond acceptors (Lipinski definition) is 5. The van der Waals surface area contributed by atoms with Crippen LogP contribution in [0.25, 0.3) is 11.8 Å². The van der Waals surface area contributed by atoms with E-state index in [2.05, 4.69) is 5.32 Å². The summed E-state index contributed by atoms with van der Waals surface area (Å²) in [5.41, 5.74) is 1.34. The van der Waals surface area contributed by atoms with Gasteiger partial charge in [-0.3, -0.25) is 14.9 Å². The molecular formula is C23H19N3O5. The molecule has 1 fully saturated rings. The summed E-state index contributed by atoms with van der Waals surface area (Å²) >= 11 is 0. The second kappa shape index (κ2) is 8.19. The number of imide groups is 2. The molecule has 0 bridgehead atoms. The minimum absolute atomic E-state index is 0.125. The Balaban J connectivity index is 1.75. The lowest BCUT2D eigenvalue weighted by molar-refractivity contribution is -0.122. The first-order chi connectivity index (χ1) is 15.0. The second-order valence-corrected chi connectivity index (χ2v) is 6.68. The van der Waals surface area contributed by atoms with Gasteiger partial charge in [0.15, 0.2) is 0 Å². The van der Waals surface area contributed by atoms with E-state index in [-0.39, 0.29) is 17.0 Å². The SMILES string of the molecule is CCOc1ccccc1N1C(=O)NC(=O)/C(=C\c2cccn2-c2ccc(O)cc2)C1=O. The number of barbiturate groups is 1. The van der Waals surface area contributed by atoms with E-state index in [9.17, 15) is 19.5 Å². The fraction of sp³-hybridized carbons (Fsp3) is 0.0870. The van der Waals surface area contributed by atoms with E-state index in [0.717, 1.165) is 10.6 Å². The number of urea groups is 1. The highest BCUT2D eigenvalue weighted by molar-refractivity contribution is 6.39. The van der Waals surface area contributed by atoms with Crippen LogP contribution in [0.4, 0.5) is 10.5 Å². The number of rotatable bonds is 5. The van der Waals surface area contributed by atoms with E-state index in [4.69, 9.17) is 4.74 Å². The monoisotopic (exact) mass is 417 g/mol. The Morgan fingerprint density at radius 3 is 2.48 bits per heavy atom. The molecule has 1 aliphatic rings. The van der Waals surface area contributed by atoms with Crippen molar-refractivity contribution >= 4 is 29.6 Å². The van der Waals surface area contributed by atoms with Crippen molar-refractivity contribution in [2.24, 2.45) is 0 Å². The molecule has 156 valence electrons. The molecule has 4 amide bonds. The molecule has 8 nitrogen and oxygen atoms in total. The zero-order chi connectivity index (χ0) is 22.0. The smallest absolute Gasteiger partial charge is 0.336 e. The van der Waals surface area contributed by atoms with Gasteiger partial charge in [0, 0.05) is 17.6 Å². The zero-order valence-corrected chi connectivity index (χ0v) is 16.6. The van der Waals surface area contributed by atoms with Crippen LogP contribution in [0.1, 0.15) is 12.6 Å². The normalized spacial score (nSPS) is 15.3. The Bertz CT molecular complexity index is 1190. The number of phenols is 1. The number of ether oxygens (including phenoxy) is 1. The first-order valence-electron chi connectivity index (χ1n) is 9.59. The quantitative estimate of drug-likeness (QED) is 0.490. The zero-order valence-electron chi connectivity index (χ0n) is 16.6. The predicted octanol–water partition coefficient (Wildman–Crippen LogP) is 3.25. The van der Waals surface area contributed by atoms with E-state index in [1.165, 1.54) is 18.2 Å². The fourth-order valence-corrected chi connectivity index (χ4v) is 3.30. The largest absolute Gasteiger partial charge is 0.508 e. The number of amides is 4. The van der Waals surface area contributed by atoms with Gasteiger partial charge in [-0.1, -0.05) is 12.1 Å². The van der Waals surface area contributed by atoms with E-state index >= 15 is 0 Å². The maximum Gasteiger partial charge on any atom is 0.336 e. The summed E-state index contributed by atoms with van der Waals surface area (Å²) in [4.78, 5) is 39.1. The van der Waals surface area contributed by atoms with Crippen molar-refractivity contribution in [1.29, 1.82) is 0 Å². The summed E-state index contributed by atoms with van der Waals surface area (Å²) in [6, 6.07) is 15.8. The molecule has 0 aliphatic carbocycles. The number of anilines is 1. The minimum Gasteiger partial charge on any atom is -0.508 e. The van der Waals surface area contributed by atoms with Crippen LogP contribution in [-0.2, 0) is 9.59 Å². The van der Waals surface area contributed by atoms with Gasteiger partial charge in [-0.25, -0.2) is 9.69 Å². The fourth-order valence-electron chi connectivity index (χ4n) is 3.30. The molecule has 0 spiro atoms. The van der Waals surface area contributed by atoms with E-state index in [1.54, 1.807) is 66.2 Å². The maximum absolute atomic E-state index is 13.2. The summed E-state index contributed by atoms with van der Waals surface area (Å²) in [5, 5.41) is 11.7. The van der Waals surface area contributed by atoms with Crippen molar-refractivity contribution in [3.8, 4) is 17.2 Å². The molecule has 2 heterocycles. The van der Waals surface area contributed by atoms with Crippen LogP contribution in [0.2, 0.25) is 0 Å². The molecule has 1 aliphatic heterocycles. The summed E-state index contributed by atoms with van der Waals surface area (Å²) in [6.45, 7) is 2.14. The Morgan fingerprint density at radius 1 is 1.00 bits per heavy atom. The highest BCUT2D eigenvalue weighted by atomic mass is 16.5. The summed E-state index contributed by atoms with van der Waals surface area (Å²) < 4.78 is 7.29. The van der Waals surface area contributed by atoms with Gasteiger partial charge in [-0.15, -0.1) is 0 Å². The van der Waals surface area contributed by atoms with Crippen LogP contribution < -0.4 is 15.0 Å². The summed E-state index contributed by atoms with van der Waals surface area (Å²) in [6.07, 6.45) is 3.19. The number of phenolic OH excluding ortho intramolecular Hbond substituents is 1. The third-order valence-electron chi connectivity index (χ3n) is 4.71. The predicted molar refractivity (Wildman–Crippen MR) is 114 cm³/mol. The Kier molecular flexibility index (Phi) is 5.28. The lowest BCUT2D eigenvalue weighted by Gasteiger charge is -2.27. The van der Waals surface area contributed by atoms with Gasteiger partial charge < -0.3 is 14.4 Å². The van der Waals surface area contributed by atoms with Crippen molar-refractivity contribution in [2.45, 2.75) is 6.92 Å². The van der Waals surface area contributed by atoms with E-state index in [0.29, 0.717) is 18.1 Å². The number of benzene rings is 2. The van der Waals surface area contributed by atoms with Crippen molar-refractivity contribution in [3.05, 3.63) is 78.1 Å². The van der Waals surface area contributed by atoms with Crippen molar-refractivity contribution in [2.75, 3.05) is 11.5 Å². The second-order valence-electron chi connectivity index (χ2n) is 6.68. The average molecular weight is 417 g/mol. The van der Waals surface area contributed by atoms with Crippen molar-refractivity contribution in [3.63, 3.8) is 0 Å².